The first kappa shape index (κ1) is 27.7. The van der Waals surface area contributed by atoms with Crippen LogP contribution in [0.5, 0.6) is 0 Å². The Morgan fingerprint density at radius 2 is 1.81 bits per heavy atom. The van der Waals surface area contributed by atoms with E-state index in [1.54, 1.807) is 6.07 Å². The van der Waals surface area contributed by atoms with Crippen molar-refractivity contribution in [2.24, 2.45) is 5.92 Å². The lowest BCUT2D eigenvalue weighted by Crippen LogP contribution is -2.44. The minimum Gasteiger partial charge on any atom is -0.380 e. The fourth-order valence-corrected chi connectivity index (χ4v) is 7.34. The molecule has 2 atom stereocenters. The predicted molar refractivity (Wildman–Crippen MR) is 138 cm³/mol. The molecule has 202 valence electrons. The molecule has 0 bridgehead atoms. The van der Waals surface area contributed by atoms with Gasteiger partial charge in [0, 0.05) is 24.0 Å². The van der Waals surface area contributed by atoms with E-state index >= 15 is 0 Å². The highest BCUT2D eigenvalue weighted by atomic mass is 35.5. The standard InChI is InChI=1S/C26H31ClF3N3O3S/c1-15(2)23-20-13-19(12-17(20)4-6-21(23)27)32-18-5-7-22(31-14-18)24(26(28,29)30)33(3)25(34)16-8-10-37(35,36)11-9-16/h4-7,14-16,19,24,32H,8-13H2,1-3H3/t19?,24-/m0/s1. The molecule has 11 heteroatoms. The number of nitrogens with one attached hydrogen (secondary N) is 1. The summed E-state index contributed by atoms with van der Waals surface area (Å²) >= 11 is 6.43. The molecule has 1 saturated heterocycles. The number of sulfone groups is 1. The van der Waals surface area contributed by atoms with Crippen molar-refractivity contribution < 1.29 is 26.4 Å². The van der Waals surface area contributed by atoms with E-state index in [-0.39, 0.29) is 42.0 Å². The summed E-state index contributed by atoms with van der Waals surface area (Å²) in [4.78, 5) is 17.6. The summed E-state index contributed by atoms with van der Waals surface area (Å²) in [5.41, 5.74) is 3.86. The van der Waals surface area contributed by atoms with Crippen LogP contribution >= 0.6 is 11.6 Å². The zero-order valence-electron chi connectivity index (χ0n) is 21.0. The molecule has 2 aliphatic rings. The minimum absolute atomic E-state index is 0.0277. The molecular weight excluding hydrogens is 527 g/mol. The van der Waals surface area contributed by atoms with Gasteiger partial charge in [0.1, 0.15) is 9.84 Å². The maximum Gasteiger partial charge on any atom is 0.414 e. The summed E-state index contributed by atoms with van der Waals surface area (Å²) in [5, 5.41) is 4.11. The van der Waals surface area contributed by atoms with Crippen LogP contribution in [0, 0.1) is 5.92 Å². The van der Waals surface area contributed by atoms with Gasteiger partial charge in [-0.1, -0.05) is 31.5 Å². The number of aromatic nitrogens is 1. The topological polar surface area (TPSA) is 79.4 Å². The van der Waals surface area contributed by atoms with Gasteiger partial charge in [0.25, 0.3) is 0 Å². The predicted octanol–water partition coefficient (Wildman–Crippen LogP) is 5.32. The van der Waals surface area contributed by atoms with Crippen molar-refractivity contribution >= 4 is 33.0 Å². The van der Waals surface area contributed by atoms with Crippen molar-refractivity contribution in [2.45, 2.75) is 63.7 Å². The molecule has 4 rings (SSSR count). The van der Waals surface area contributed by atoms with Gasteiger partial charge in [0.15, 0.2) is 6.04 Å². The summed E-state index contributed by atoms with van der Waals surface area (Å²) in [7, 11) is -2.13. The zero-order chi connectivity index (χ0) is 27.1. The van der Waals surface area contributed by atoms with Crippen LogP contribution in [0.2, 0.25) is 5.02 Å². The molecule has 1 N–H and O–H groups in total. The van der Waals surface area contributed by atoms with Gasteiger partial charge in [0.05, 0.1) is 29.1 Å². The Kier molecular flexibility index (Phi) is 7.82. The highest BCUT2D eigenvalue weighted by Crippen LogP contribution is 2.39. The van der Waals surface area contributed by atoms with Crippen LogP contribution < -0.4 is 5.32 Å². The number of halogens is 4. The third-order valence-electron chi connectivity index (χ3n) is 7.28. The summed E-state index contributed by atoms with van der Waals surface area (Å²) in [6.45, 7) is 4.19. The second-order valence-electron chi connectivity index (χ2n) is 10.3. The highest BCUT2D eigenvalue weighted by Gasteiger charge is 2.47. The Bertz CT molecular complexity index is 1250. The minimum atomic E-state index is -4.74. The molecule has 0 radical (unpaired) electrons. The lowest BCUT2D eigenvalue weighted by Gasteiger charge is -2.33. The number of anilines is 1. The second kappa shape index (κ2) is 10.4. The normalized spacial score (nSPS) is 20.5. The number of benzene rings is 1. The number of hydrogen-bond acceptors (Lipinski definition) is 5. The molecule has 1 aliphatic carbocycles. The average Bonchev–Trinajstić information content (AvgIpc) is 3.20. The van der Waals surface area contributed by atoms with E-state index in [4.69, 9.17) is 11.6 Å². The van der Waals surface area contributed by atoms with E-state index in [0.717, 1.165) is 30.5 Å². The summed E-state index contributed by atoms with van der Waals surface area (Å²) in [5.74, 6) is -1.58. The molecule has 1 amide bonds. The van der Waals surface area contributed by atoms with Gasteiger partial charge in [-0.05, 0) is 66.5 Å². The third-order valence-corrected chi connectivity index (χ3v) is 9.33. The fraction of sp³-hybridized carbons (Fsp3) is 0.538. The van der Waals surface area contributed by atoms with E-state index in [1.165, 1.54) is 23.4 Å². The maximum absolute atomic E-state index is 14.1. The summed E-state index contributed by atoms with van der Waals surface area (Å²) in [6.07, 6.45) is -1.80. The smallest absolute Gasteiger partial charge is 0.380 e. The van der Waals surface area contributed by atoms with Crippen LogP contribution in [-0.2, 0) is 27.5 Å². The number of amides is 1. The molecule has 0 saturated carbocycles. The largest absolute Gasteiger partial charge is 0.414 e. The molecule has 1 aromatic carbocycles. The van der Waals surface area contributed by atoms with Crippen molar-refractivity contribution in [3.05, 3.63) is 57.9 Å². The number of hydrogen-bond donors (Lipinski definition) is 1. The van der Waals surface area contributed by atoms with Gasteiger partial charge >= 0.3 is 6.18 Å². The van der Waals surface area contributed by atoms with Gasteiger partial charge in [-0.2, -0.15) is 13.2 Å². The SMILES string of the molecule is CC(C)c1c(Cl)ccc2c1CC(Nc1ccc([C@H](N(C)C(=O)C3CCS(=O)(=O)CC3)C(F)(F)F)nc1)C2. The van der Waals surface area contributed by atoms with Gasteiger partial charge in [-0.15, -0.1) is 0 Å². The van der Waals surface area contributed by atoms with E-state index in [1.807, 2.05) is 12.1 Å². The van der Waals surface area contributed by atoms with Crippen LogP contribution in [0.15, 0.2) is 30.5 Å². The lowest BCUT2D eigenvalue weighted by molar-refractivity contribution is -0.191. The molecule has 1 aromatic heterocycles. The molecule has 0 spiro atoms. The van der Waals surface area contributed by atoms with Crippen LogP contribution in [0.1, 0.15) is 61.0 Å². The first-order valence-corrected chi connectivity index (χ1v) is 14.5. The highest BCUT2D eigenvalue weighted by molar-refractivity contribution is 7.91. The van der Waals surface area contributed by atoms with Gasteiger partial charge < -0.3 is 10.2 Å². The number of pyridine rings is 1. The average molecular weight is 558 g/mol. The number of carbonyl (C=O) groups is 1. The van der Waals surface area contributed by atoms with Crippen LogP contribution in [0.3, 0.4) is 0 Å². The Morgan fingerprint density at radius 1 is 1.14 bits per heavy atom. The van der Waals surface area contributed by atoms with Crippen LogP contribution in [0.4, 0.5) is 18.9 Å². The van der Waals surface area contributed by atoms with E-state index in [0.29, 0.717) is 10.6 Å². The molecule has 2 aromatic rings. The molecule has 6 nitrogen and oxygen atoms in total. The summed E-state index contributed by atoms with van der Waals surface area (Å²) < 4.78 is 65.5. The number of nitrogens with zero attached hydrogens (tertiary/aromatic N) is 2. The van der Waals surface area contributed by atoms with Crippen molar-refractivity contribution in [1.29, 1.82) is 0 Å². The molecular formula is C26H31ClF3N3O3S. The van der Waals surface area contributed by atoms with Crippen molar-refractivity contribution in [3.63, 3.8) is 0 Å². The molecule has 1 aliphatic heterocycles. The van der Waals surface area contributed by atoms with E-state index < -0.39 is 33.9 Å². The van der Waals surface area contributed by atoms with Gasteiger partial charge in [-0.3, -0.25) is 9.78 Å². The number of fused-ring (bicyclic) bond motifs is 1. The van der Waals surface area contributed by atoms with Gasteiger partial charge in [0.2, 0.25) is 5.91 Å². The van der Waals surface area contributed by atoms with E-state index in [9.17, 15) is 26.4 Å². The third kappa shape index (κ3) is 6.06. The second-order valence-corrected chi connectivity index (χ2v) is 13.0. The Balaban J connectivity index is 1.47. The summed E-state index contributed by atoms with van der Waals surface area (Å²) in [6, 6.07) is 4.60. The van der Waals surface area contributed by atoms with Crippen LogP contribution in [0.25, 0.3) is 0 Å². The quantitative estimate of drug-likeness (QED) is 0.520. The number of carbonyl (C=O) groups excluding carboxylic acids is 1. The Hall–Kier alpha value is -2.33. The first-order chi connectivity index (χ1) is 17.3. The van der Waals surface area contributed by atoms with E-state index in [2.05, 4.69) is 24.1 Å². The monoisotopic (exact) mass is 557 g/mol. The maximum atomic E-state index is 14.1. The Labute approximate surface area is 220 Å². The molecule has 37 heavy (non-hydrogen) atoms. The number of rotatable bonds is 6. The van der Waals surface area contributed by atoms with Crippen molar-refractivity contribution in [3.8, 4) is 0 Å². The first-order valence-electron chi connectivity index (χ1n) is 12.3. The van der Waals surface area contributed by atoms with Crippen molar-refractivity contribution in [2.75, 3.05) is 23.9 Å². The Morgan fingerprint density at radius 3 is 2.38 bits per heavy atom. The number of alkyl halides is 3. The lowest BCUT2D eigenvalue weighted by atomic mass is 9.94. The zero-order valence-corrected chi connectivity index (χ0v) is 22.6. The van der Waals surface area contributed by atoms with Crippen LogP contribution in [-0.4, -0.2) is 55.0 Å². The van der Waals surface area contributed by atoms with Crippen molar-refractivity contribution in [1.82, 2.24) is 9.88 Å². The molecule has 2 heterocycles. The molecule has 1 unspecified atom stereocenters. The molecule has 1 fully saturated rings. The fourth-order valence-electron chi connectivity index (χ4n) is 5.45. The van der Waals surface area contributed by atoms with Gasteiger partial charge in [-0.25, -0.2) is 8.42 Å².